The molecule has 2 N–H and O–H groups in total. The van der Waals surface area contributed by atoms with Crippen LogP contribution < -0.4 is 0 Å². The van der Waals surface area contributed by atoms with Crippen LogP contribution in [-0.4, -0.2) is 15.9 Å². The number of hydrogen-bond acceptors (Lipinski definition) is 2. The maximum atomic E-state index is 13.2. The predicted octanol–water partition coefficient (Wildman–Crippen LogP) is 2.82. The van der Waals surface area contributed by atoms with Crippen molar-refractivity contribution in [2.45, 2.75) is 19.3 Å². The second-order valence-corrected chi connectivity index (χ2v) is 4.07. The second kappa shape index (κ2) is 3.33. The Morgan fingerprint density at radius 1 is 1.31 bits per heavy atom. The molecule has 0 unspecified atom stereocenters. The number of H-pyrrole nitrogens is 1. The van der Waals surface area contributed by atoms with Crippen molar-refractivity contribution >= 4 is 16.6 Å². The number of rotatable bonds is 0. The molecule has 82 valence electrons. The number of hydrogen-bond donors (Lipinski definition) is 2. The Balaban J connectivity index is 2.36. The largest absolute Gasteiger partial charge is 0.411 e. The van der Waals surface area contributed by atoms with Crippen molar-refractivity contribution < 1.29 is 9.60 Å². The number of aryl methyl sites for hydroxylation is 1. The summed E-state index contributed by atoms with van der Waals surface area (Å²) in [5.74, 6) is -0.267. The van der Waals surface area contributed by atoms with Gasteiger partial charge < -0.3 is 10.2 Å². The maximum Gasteiger partial charge on any atom is 0.123 e. The number of oxime groups is 1. The van der Waals surface area contributed by atoms with Gasteiger partial charge in [-0.25, -0.2) is 4.39 Å². The molecule has 0 atom stereocenters. The molecule has 3 nitrogen and oxygen atoms in total. The van der Waals surface area contributed by atoms with Gasteiger partial charge in [-0.3, -0.25) is 0 Å². The van der Waals surface area contributed by atoms with Crippen LogP contribution in [0.1, 0.15) is 24.1 Å². The van der Waals surface area contributed by atoms with Gasteiger partial charge >= 0.3 is 0 Å². The zero-order chi connectivity index (χ0) is 11.1. The van der Waals surface area contributed by atoms with E-state index in [2.05, 4.69) is 10.1 Å². The Morgan fingerprint density at radius 2 is 2.19 bits per heavy atom. The van der Waals surface area contributed by atoms with Crippen LogP contribution in [0.2, 0.25) is 0 Å². The highest BCUT2D eigenvalue weighted by atomic mass is 19.1. The van der Waals surface area contributed by atoms with Gasteiger partial charge in [0.05, 0.1) is 5.71 Å². The Hall–Kier alpha value is -1.84. The fourth-order valence-corrected chi connectivity index (χ4v) is 2.39. The quantitative estimate of drug-likeness (QED) is 0.518. The van der Waals surface area contributed by atoms with E-state index < -0.39 is 0 Å². The molecule has 0 saturated heterocycles. The van der Waals surface area contributed by atoms with Gasteiger partial charge in [-0.1, -0.05) is 5.16 Å². The highest BCUT2D eigenvalue weighted by molar-refractivity contribution is 6.12. The molecule has 3 rings (SSSR count). The van der Waals surface area contributed by atoms with Crippen LogP contribution in [0.4, 0.5) is 4.39 Å². The molecule has 0 radical (unpaired) electrons. The summed E-state index contributed by atoms with van der Waals surface area (Å²) in [6.45, 7) is 0. The summed E-state index contributed by atoms with van der Waals surface area (Å²) in [5, 5.41) is 13.1. The van der Waals surface area contributed by atoms with E-state index in [0.717, 1.165) is 41.4 Å². The average molecular weight is 218 g/mol. The molecule has 1 aromatic heterocycles. The van der Waals surface area contributed by atoms with Gasteiger partial charge in [0, 0.05) is 22.2 Å². The third kappa shape index (κ3) is 1.23. The Kier molecular flexibility index (Phi) is 1.96. The maximum absolute atomic E-state index is 13.2. The van der Waals surface area contributed by atoms with Gasteiger partial charge in [-0.2, -0.15) is 0 Å². The second-order valence-electron chi connectivity index (χ2n) is 4.07. The average Bonchev–Trinajstić information content (AvgIpc) is 2.66. The van der Waals surface area contributed by atoms with Crippen LogP contribution >= 0.6 is 0 Å². The van der Waals surface area contributed by atoms with E-state index in [0.29, 0.717) is 5.71 Å². The van der Waals surface area contributed by atoms with Gasteiger partial charge in [0.15, 0.2) is 0 Å². The Bertz CT molecular complexity index is 586. The number of fused-ring (bicyclic) bond motifs is 3. The first-order chi connectivity index (χ1) is 7.79. The van der Waals surface area contributed by atoms with E-state index in [9.17, 15) is 4.39 Å². The molecule has 1 aliphatic rings. The van der Waals surface area contributed by atoms with Crippen LogP contribution in [0.15, 0.2) is 23.4 Å². The van der Waals surface area contributed by atoms with Crippen molar-refractivity contribution in [2.75, 3.05) is 0 Å². The van der Waals surface area contributed by atoms with Gasteiger partial charge in [0.1, 0.15) is 5.82 Å². The zero-order valence-corrected chi connectivity index (χ0v) is 8.63. The first-order valence-corrected chi connectivity index (χ1v) is 5.31. The summed E-state index contributed by atoms with van der Waals surface area (Å²) >= 11 is 0. The van der Waals surface area contributed by atoms with E-state index in [1.165, 1.54) is 12.1 Å². The molecular weight excluding hydrogens is 207 g/mol. The lowest BCUT2D eigenvalue weighted by Gasteiger charge is -2.12. The Morgan fingerprint density at radius 3 is 3.00 bits per heavy atom. The van der Waals surface area contributed by atoms with Crippen LogP contribution in [0.5, 0.6) is 0 Å². The highest BCUT2D eigenvalue weighted by Gasteiger charge is 2.21. The van der Waals surface area contributed by atoms with Crippen LogP contribution in [0, 0.1) is 5.82 Å². The molecule has 1 heterocycles. The van der Waals surface area contributed by atoms with E-state index in [1.54, 1.807) is 6.07 Å². The van der Waals surface area contributed by atoms with Gasteiger partial charge in [0.25, 0.3) is 0 Å². The monoisotopic (exact) mass is 218 g/mol. The van der Waals surface area contributed by atoms with E-state index >= 15 is 0 Å². The lowest BCUT2D eigenvalue weighted by Crippen LogP contribution is -2.10. The zero-order valence-electron chi connectivity index (χ0n) is 8.63. The van der Waals surface area contributed by atoms with E-state index in [-0.39, 0.29) is 5.82 Å². The molecule has 0 aliphatic heterocycles. The third-order valence-electron chi connectivity index (χ3n) is 3.09. The molecule has 0 bridgehead atoms. The van der Waals surface area contributed by atoms with Crippen LogP contribution in [-0.2, 0) is 6.42 Å². The topological polar surface area (TPSA) is 48.4 Å². The summed E-state index contributed by atoms with van der Waals surface area (Å²) < 4.78 is 13.2. The van der Waals surface area contributed by atoms with Crippen molar-refractivity contribution in [3.8, 4) is 0 Å². The number of aromatic amines is 1. The van der Waals surface area contributed by atoms with Gasteiger partial charge in [-0.15, -0.1) is 0 Å². The molecule has 2 aromatic rings. The molecule has 0 spiro atoms. The minimum absolute atomic E-state index is 0.267. The van der Waals surface area contributed by atoms with Crippen molar-refractivity contribution in [2.24, 2.45) is 5.16 Å². The molecule has 16 heavy (non-hydrogen) atoms. The highest BCUT2D eigenvalue weighted by Crippen LogP contribution is 2.29. The lowest BCUT2D eigenvalue weighted by atomic mass is 9.94. The fourth-order valence-electron chi connectivity index (χ4n) is 2.39. The normalized spacial score (nSPS) is 17.9. The van der Waals surface area contributed by atoms with Crippen molar-refractivity contribution in [3.63, 3.8) is 0 Å². The molecule has 0 amide bonds. The van der Waals surface area contributed by atoms with E-state index in [4.69, 9.17) is 5.21 Å². The smallest absolute Gasteiger partial charge is 0.123 e. The van der Waals surface area contributed by atoms with Crippen LogP contribution in [0.25, 0.3) is 10.9 Å². The number of nitrogens with one attached hydrogen (secondary N) is 1. The summed E-state index contributed by atoms with van der Waals surface area (Å²) in [6, 6.07) is 4.64. The number of benzene rings is 1. The van der Waals surface area contributed by atoms with E-state index in [1.807, 2.05) is 0 Å². The summed E-state index contributed by atoms with van der Waals surface area (Å²) in [4.78, 5) is 3.25. The van der Waals surface area contributed by atoms with Crippen molar-refractivity contribution in [1.82, 2.24) is 4.98 Å². The first-order valence-electron chi connectivity index (χ1n) is 5.31. The molecule has 1 aromatic carbocycles. The SMILES string of the molecule is O/N=C1/CCCc2[nH]c3ccc(F)cc3c21. The minimum Gasteiger partial charge on any atom is -0.411 e. The standard InChI is InChI=1S/C12H11FN2O/c13-7-4-5-9-8(6-7)12-10(14-9)2-1-3-11(12)15-16/h4-6,14,16H,1-3H2/b15-11-. The van der Waals surface area contributed by atoms with Gasteiger partial charge in [-0.05, 0) is 37.5 Å². The Labute approximate surface area is 91.6 Å². The van der Waals surface area contributed by atoms with Crippen molar-refractivity contribution in [1.29, 1.82) is 0 Å². The molecule has 0 saturated carbocycles. The first kappa shape index (κ1) is 9.39. The summed E-state index contributed by atoms with van der Waals surface area (Å²) in [5.41, 5.74) is 3.47. The fraction of sp³-hybridized carbons (Fsp3) is 0.250. The van der Waals surface area contributed by atoms with Crippen molar-refractivity contribution in [3.05, 3.63) is 35.3 Å². The number of halogens is 1. The van der Waals surface area contributed by atoms with Gasteiger partial charge in [0.2, 0.25) is 0 Å². The third-order valence-corrected chi connectivity index (χ3v) is 3.09. The summed E-state index contributed by atoms with van der Waals surface area (Å²) in [7, 11) is 0. The predicted molar refractivity (Wildman–Crippen MR) is 59.5 cm³/mol. The molecule has 4 heteroatoms. The molecule has 0 fully saturated rings. The number of aromatic nitrogens is 1. The summed E-state index contributed by atoms with van der Waals surface area (Å²) in [6.07, 6.45) is 2.62. The van der Waals surface area contributed by atoms with Crippen LogP contribution in [0.3, 0.4) is 0 Å². The minimum atomic E-state index is -0.267. The lowest BCUT2D eigenvalue weighted by molar-refractivity contribution is 0.317. The molecular formula is C12H11FN2O. The molecule has 1 aliphatic carbocycles. The number of nitrogens with zero attached hydrogens (tertiary/aromatic N) is 1.